The molecular weight excluding hydrogens is 292 g/mol. The number of ketones is 2. The Morgan fingerprint density at radius 3 is 2.35 bits per heavy atom. The molecule has 23 heavy (non-hydrogen) atoms. The monoisotopic (exact) mass is 316 g/mol. The van der Waals surface area contributed by atoms with E-state index in [9.17, 15) is 14.4 Å². The van der Waals surface area contributed by atoms with Crippen molar-refractivity contribution in [1.29, 1.82) is 0 Å². The number of Topliss-reactive ketones (excluding diaryl/α,β-unsaturated/α-hetero) is 2. The van der Waals surface area contributed by atoms with Crippen molar-refractivity contribution in [3.8, 4) is 0 Å². The van der Waals surface area contributed by atoms with Crippen LogP contribution >= 0.6 is 0 Å². The zero-order valence-electron chi connectivity index (χ0n) is 14.0. The van der Waals surface area contributed by atoms with E-state index >= 15 is 0 Å². The van der Waals surface area contributed by atoms with Crippen LogP contribution in [0.1, 0.15) is 40.0 Å². The molecule has 4 rings (SSSR count). The molecule has 7 unspecified atom stereocenters. The Bertz CT molecular complexity index is 615. The maximum atomic E-state index is 12.7. The molecule has 7 atom stereocenters. The Balaban J connectivity index is 1.58. The first kappa shape index (κ1) is 15.1. The summed E-state index contributed by atoms with van der Waals surface area (Å²) in [5.41, 5.74) is -0.453. The van der Waals surface area contributed by atoms with Gasteiger partial charge in [0.05, 0.1) is 5.92 Å². The molecule has 4 aliphatic carbocycles. The van der Waals surface area contributed by atoms with Gasteiger partial charge in [0.1, 0.15) is 17.2 Å². The Kier molecular flexibility index (Phi) is 3.14. The van der Waals surface area contributed by atoms with Crippen molar-refractivity contribution < 1.29 is 19.1 Å². The van der Waals surface area contributed by atoms with Gasteiger partial charge in [-0.1, -0.05) is 26.0 Å². The Labute approximate surface area is 136 Å². The minimum atomic E-state index is -0.453. The summed E-state index contributed by atoms with van der Waals surface area (Å²) in [6.07, 6.45) is 6.06. The predicted octanol–water partition coefficient (Wildman–Crippen LogP) is 2.56. The first-order valence-electron chi connectivity index (χ1n) is 8.90. The van der Waals surface area contributed by atoms with Gasteiger partial charge in [-0.15, -0.1) is 0 Å². The van der Waals surface area contributed by atoms with E-state index in [1.165, 1.54) is 0 Å². The highest BCUT2D eigenvalue weighted by Crippen LogP contribution is 2.64. The standard InChI is InChI=1S/C19H24O4/c1-4-19(3,5-2)23-18(22)12-8-11-13-9-6-7-10(16(9)20)14(13)15(12)17(11)21/h6-7,9-15H,4-5,8H2,1-3H3. The zero-order valence-corrected chi connectivity index (χ0v) is 14.0. The summed E-state index contributed by atoms with van der Waals surface area (Å²) in [5, 5.41) is 0. The maximum absolute atomic E-state index is 12.7. The first-order valence-corrected chi connectivity index (χ1v) is 8.90. The molecule has 4 aliphatic rings. The lowest BCUT2D eigenvalue weighted by molar-refractivity contribution is -0.167. The Hall–Kier alpha value is -1.45. The molecule has 4 nitrogen and oxygen atoms in total. The fraction of sp³-hybridized carbons (Fsp3) is 0.737. The fourth-order valence-corrected chi connectivity index (χ4v) is 5.49. The van der Waals surface area contributed by atoms with Crippen molar-refractivity contribution >= 4 is 17.5 Å². The molecular formula is C19H24O4. The molecule has 124 valence electrons. The van der Waals surface area contributed by atoms with Crippen LogP contribution < -0.4 is 0 Å². The van der Waals surface area contributed by atoms with Crippen molar-refractivity contribution in [2.24, 2.45) is 41.4 Å². The molecule has 4 heteroatoms. The molecule has 0 aliphatic heterocycles. The number of carbonyl (C=O) groups is 3. The first-order chi connectivity index (χ1) is 10.9. The van der Waals surface area contributed by atoms with Crippen LogP contribution in [0.25, 0.3) is 0 Å². The highest BCUT2D eigenvalue weighted by molar-refractivity contribution is 6.01. The molecule has 3 fully saturated rings. The second-order valence-electron chi connectivity index (χ2n) is 7.95. The molecule has 0 heterocycles. The highest BCUT2D eigenvalue weighted by Gasteiger charge is 2.69. The lowest BCUT2D eigenvalue weighted by Gasteiger charge is -2.35. The maximum Gasteiger partial charge on any atom is 0.310 e. The van der Waals surface area contributed by atoms with E-state index in [-0.39, 0.29) is 59.0 Å². The average Bonchev–Trinajstić information content (AvgIpc) is 3.24. The number of hydrogen-bond donors (Lipinski definition) is 0. The van der Waals surface area contributed by atoms with Gasteiger partial charge in [-0.05, 0) is 38.0 Å². The van der Waals surface area contributed by atoms with Gasteiger partial charge in [-0.3, -0.25) is 14.4 Å². The van der Waals surface area contributed by atoms with Crippen molar-refractivity contribution in [2.45, 2.75) is 45.6 Å². The second kappa shape index (κ2) is 4.78. The number of carbonyl (C=O) groups excluding carboxylic acids is 3. The normalized spacial score (nSPS) is 43.3. The van der Waals surface area contributed by atoms with Gasteiger partial charge in [-0.25, -0.2) is 0 Å². The minimum Gasteiger partial charge on any atom is -0.459 e. The molecule has 0 radical (unpaired) electrons. The van der Waals surface area contributed by atoms with E-state index in [2.05, 4.69) is 0 Å². The van der Waals surface area contributed by atoms with E-state index in [0.717, 1.165) is 12.8 Å². The minimum absolute atomic E-state index is 0.0517. The van der Waals surface area contributed by atoms with Crippen molar-refractivity contribution in [1.82, 2.24) is 0 Å². The molecule has 0 spiro atoms. The van der Waals surface area contributed by atoms with Gasteiger partial charge in [0, 0.05) is 23.7 Å². The third-order valence-corrected chi connectivity index (χ3v) is 7.12. The predicted molar refractivity (Wildman–Crippen MR) is 83.3 cm³/mol. The zero-order chi connectivity index (χ0) is 16.5. The van der Waals surface area contributed by atoms with Gasteiger partial charge in [0.15, 0.2) is 0 Å². The van der Waals surface area contributed by atoms with Crippen molar-refractivity contribution in [3.63, 3.8) is 0 Å². The second-order valence-corrected chi connectivity index (χ2v) is 7.95. The number of fused-ring (bicyclic) bond motifs is 9. The molecule has 0 aromatic carbocycles. The van der Waals surface area contributed by atoms with E-state index in [0.29, 0.717) is 6.42 Å². The fourth-order valence-electron chi connectivity index (χ4n) is 5.49. The summed E-state index contributed by atoms with van der Waals surface area (Å²) in [4.78, 5) is 37.7. The summed E-state index contributed by atoms with van der Waals surface area (Å²) >= 11 is 0. The number of ether oxygens (including phenoxy) is 1. The molecule has 0 aromatic heterocycles. The van der Waals surface area contributed by atoms with E-state index in [1.54, 1.807) is 0 Å². The van der Waals surface area contributed by atoms with Crippen LogP contribution in [0, 0.1) is 41.4 Å². The molecule has 0 saturated heterocycles. The van der Waals surface area contributed by atoms with Crippen LogP contribution in [-0.2, 0) is 19.1 Å². The molecule has 4 bridgehead atoms. The number of rotatable bonds is 4. The highest BCUT2D eigenvalue weighted by atomic mass is 16.6. The molecule has 3 saturated carbocycles. The van der Waals surface area contributed by atoms with Crippen LogP contribution in [0.5, 0.6) is 0 Å². The molecule has 0 N–H and O–H groups in total. The van der Waals surface area contributed by atoms with E-state index in [1.807, 2.05) is 32.9 Å². The van der Waals surface area contributed by atoms with E-state index in [4.69, 9.17) is 4.74 Å². The van der Waals surface area contributed by atoms with Crippen LogP contribution in [0.4, 0.5) is 0 Å². The van der Waals surface area contributed by atoms with Crippen LogP contribution in [-0.4, -0.2) is 23.1 Å². The average molecular weight is 316 g/mol. The molecule has 0 amide bonds. The summed E-state index contributed by atoms with van der Waals surface area (Å²) in [5.74, 6) is -0.493. The Morgan fingerprint density at radius 2 is 1.74 bits per heavy atom. The summed E-state index contributed by atoms with van der Waals surface area (Å²) < 4.78 is 5.78. The third kappa shape index (κ3) is 1.81. The van der Waals surface area contributed by atoms with Crippen molar-refractivity contribution in [3.05, 3.63) is 12.2 Å². The Morgan fingerprint density at radius 1 is 1.13 bits per heavy atom. The number of hydrogen-bond acceptors (Lipinski definition) is 4. The van der Waals surface area contributed by atoms with Crippen molar-refractivity contribution in [2.75, 3.05) is 0 Å². The summed E-state index contributed by atoms with van der Waals surface area (Å²) in [6.45, 7) is 5.98. The van der Waals surface area contributed by atoms with Crippen LogP contribution in [0.3, 0.4) is 0 Å². The quantitative estimate of drug-likeness (QED) is 0.454. The van der Waals surface area contributed by atoms with Crippen LogP contribution in [0.15, 0.2) is 12.2 Å². The lowest BCUT2D eigenvalue weighted by Crippen LogP contribution is -2.39. The third-order valence-electron chi connectivity index (χ3n) is 7.12. The van der Waals surface area contributed by atoms with Gasteiger partial charge in [-0.2, -0.15) is 0 Å². The smallest absolute Gasteiger partial charge is 0.310 e. The number of allylic oxidation sites excluding steroid dienone is 2. The van der Waals surface area contributed by atoms with Gasteiger partial charge in [0.2, 0.25) is 0 Å². The summed E-state index contributed by atoms with van der Waals surface area (Å²) in [6, 6.07) is 0. The van der Waals surface area contributed by atoms with Gasteiger partial charge in [0.25, 0.3) is 0 Å². The van der Waals surface area contributed by atoms with Gasteiger partial charge >= 0.3 is 5.97 Å². The SMILES string of the molecule is CCC(C)(CC)OC(=O)C1CC2C(=O)C1C1C3C=CC(C3=O)C21. The van der Waals surface area contributed by atoms with Crippen LogP contribution in [0.2, 0.25) is 0 Å². The largest absolute Gasteiger partial charge is 0.459 e. The topological polar surface area (TPSA) is 60.4 Å². The summed E-state index contributed by atoms with van der Waals surface area (Å²) in [7, 11) is 0. The van der Waals surface area contributed by atoms with E-state index < -0.39 is 5.60 Å². The number of esters is 1. The van der Waals surface area contributed by atoms with Gasteiger partial charge < -0.3 is 4.74 Å². The lowest BCUT2D eigenvalue weighted by atomic mass is 9.69. The molecule has 0 aromatic rings.